The largest absolute Gasteiger partial charge is 0.394 e. The maximum Gasteiger partial charge on any atom is 0.285 e. The summed E-state index contributed by atoms with van der Waals surface area (Å²) in [5.41, 5.74) is 0. The Morgan fingerprint density at radius 2 is 2.50 bits per heavy atom. The molecule has 16 heavy (non-hydrogen) atoms. The lowest BCUT2D eigenvalue weighted by molar-refractivity contribution is -0.0447. The van der Waals surface area contributed by atoms with Crippen LogP contribution < -0.4 is 0 Å². The first-order valence-corrected chi connectivity index (χ1v) is 5.91. The van der Waals surface area contributed by atoms with Gasteiger partial charge in [0.1, 0.15) is 0 Å². The highest BCUT2D eigenvalue weighted by atomic mass is 35.5. The highest BCUT2D eigenvalue weighted by Gasteiger charge is 2.26. The number of aliphatic hydroxyl groups is 1. The fourth-order valence-electron chi connectivity index (χ4n) is 1.44. The van der Waals surface area contributed by atoms with Crippen LogP contribution in [0, 0.1) is 0 Å². The molecule has 1 aliphatic heterocycles. The molecule has 2 rings (SSSR count). The molecule has 1 fully saturated rings. The molecule has 2 heterocycles. The summed E-state index contributed by atoms with van der Waals surface area (Å²) in [6, 6.07) is 0. The number of ether oxygens (including phenoxy) is 1. The molecule has 0 spiro atoms. The summed E-state index contributed by atoms with van der Waals surface area (Å²) < 4.78 is 5.49. The van der Waals surface area contributed by atoms with Crippen LogP contribution in [0.25, 0.3) is 0 Å². The number of aliphatic hydroxyl groups excluding tert-OH is 1. The molecule has 1 atom stereocenters. The van der Waals surface area contributed by atoms with E-state index >= 15 is 0 Å². The lowest BCUT2D eigenvalue weighted by Crippen LogP contribution is -2.46. The van der Waals surface area contributed by atoms with E-state index in [0.717, 1.165) is 11.3 Å². The summed E-state index contributed by atoms with van der Waals surface area (Å²) in [7, 11) is 0. The first-order chi connectivity index (χ1) is 7.70. The molecule has 1 unspecified atom stereocenters. The summed E-state index contributed by atoms with van der Waals surface area (Å²) in [4.78, 5) is 13.5. The molecule has 1 saturated heterocycles. The van der Waals surface area contributed by atoms with Crippen molar-refractivity contribution in [2.45, 2.75) is 6.10 Å². The Labute approximate surface area is 101 Å². The zero-order chi connectivity index (χ0) is 11.5. The van der Waals surface area contributed by atoms with Gasteiger partial charge in [-0.05, 0) is 11.6 Å². The lowest BCUT2D eigenvalue weighted by Gasteiger charge is -2.31. The molecule has 0 aliphatic carbocycles. The predicted octanol–water partition coefficient (Wildman–Crippen LogP) is 0.0248. The average Bonchev–Trinajstić information content (AvgIpc) is 2.75. The minimum absolute atomic E-state index is 0.0966. The minimum atomic E-state index is -0.318. The van der Waals surface area contributed by atoms with Crippen LogP contribution in [0.1, 0.15) is 9.80 Å². The van der Waals surface area contributed by atoms with E-state index in [-0.39, 0.29) is 28.1 Å². The van der Waals surface area contributed by atoms with Crippen LogP contribution in [-0.2, 0) is 4.74 Å². The summed E-state index contributed by atoms with van der Waals surface area (Å²) in [6.07, 6.45) is -0.318. The van der Waals surface area contributed by atoms with Gasteiger partial charge in [-0.2, -0.15) is 0 Å². The van der Waals surface area contributed by atoms with Crippen molar-refractivity contribution in [3.63, 3.8) is 0 Å². The monoisotopic (exact) mass is 263 g/mol. The third kappa shape index (κ3) is 2.49. The van der Waals surface area contributed by atoms with Gasteiger partial charge in [-0.3, -0.25) is 4.79 Å². The molecule has 0 radical (unpaired) electrons. The fraction of sp³-hybridized carbons (Fsp3) is 0.625. The Morgan fingerprint density at radius 3 is 3.12 bits per heavy atom. The quantitative estimate of drug-likeness (QED) is 0.814. The van der Waals surface area contributed by atoms with Gasteiger partial charge >= 0.3 is 0 Å². The standard InChI is InChI=1S/C8H10ClN3O3S/c9-8-11-10-6(16-8)7(14)12-1-2-15-5(3-12)4-13/h5,13H,1-4H2. The first-order valence-electron chi connectivity index (χ1n) is 4.71. The second-order valence-electron chi connectivity index (χ2n) is 3.29. The van der Waals surface area contributed by atoms with Crippen LogP contribution in [0.5, 0.6) is 0 Å². The van der Waals surface area contributed by atoms with E-state index in [1.807, 2.05) is 0 Å². The normalized spacial score (nSPS) is 21.1. The number of amides is 1. The molecular weight excluding hydrogens is 254 g/mol. The fourth-order valence-corrected chi connectivity index (χ4v) is 2.24. The second-order valence-corrected chi connectivity index (χ2v) is 4.85. The van der Waals surface area contributed by atoms with Crippen molar-refractivity contribution in [2.75, 3.05) is 26.3 Å². The number of nitrogens with zero attached hydrogens (tertiary/aromatic N) is 3. The van der Waals surface area contributed by atoms with E-state index in [2.05, 4.69) is 10.2 Å². The second kappa shape index (κ2) is 5.05. The maximum absolute atomic E-state index is 11.9. The highest BCUT2D eigenvalue weighted by molar-refractivity contribution is 7.17. The lowest BCUT2D eigenvalue weighted by atomic mass is 10.3. The van der Waals surface area contributed by atoms with E-state index in [1.165, 1.54) is 0 Å². The molecule has 88 valence electrons. The third-order valence-corrected chi connectivity index (χ3v) is 3.22. The van der Waals surface area contributed by atoms with Gasteiger partial charge in [0.05, 0.1) is 19.3 Å². The first kappa shape index (κ1) is 11.7. The van der Waals surface area contributed by atoms with Crippen molar-refractivity contribution in [1.82, 2.24) is 15.1 Å². The zero-order valence-corrected chi connectivity index (χ0v) is 9.87. The summed E-state index contributed by atoms with van der Waals surface area (Å²) in [5.74, 6) is -0.217. The van der Waals surface area contributed by atoms with Crippen LogP contribution in [0.3, 0.4) is 0 Å². The SMILES string of the molecule is O=C(c1nnc(Cl)s1)N1CCOC(CO)C1. The molecule has 1 aromatic rings. The number of halogens is 1. The van der Waals surface area contributed by atoms with Gasteiger partial charge in [0, 0.05) is 13.1 Å². The zero-order valence-electron chi connectivity index (χ0n) is 8.30. The van der Waals surface area contributed by atoms with Gasteiger partial charge < -0.3 is 14.7 Å². The number of rotatable bonds is 2. The minimum Gasteiger partial charge on any atom is -0.394 e. The number of carbonyl (C=O) groups is 1. The Hall–Kier alpha value is -0.760. The van der Waals surface area contributed by atoms with E-state index in [1.54, 1.807) is 4.90 Å². The molecule has 1 amide bonds. The van der Waals surface area contributed by atoms with Crippen molar-refractivity contribution in [1.29, 1.82) is 0 Å². The Kier molecular flexibility index (Phi) is 3.70. The third-order valence-electron chi connectivity index (χ3n) is 2.21. The molecule has 0 aromatic carbocycles. The number of morpholine rings is 1. The number of hydrogen-bond donors (Lipinski definition) is 1. The highest BCUT2D eigenvalue weighted by Crippen LogP contribution is 2.17. The molecule has 1 aromatic heterocycles. The van der Waals surface area contributed by atoms with Gasteiger partial charge in [0.25, 0.3) is 5.91 Å². The van der Waals surface area contributed by atoms with E-state index < -0.39 is 0 Å². The molecular formula is C8H10ClN3O3S. The van der Waals surface area contributed by atoms with Crippen LogP contribution in [0.4, 0.5) is 0 Å². The van der Waals surface area contributed by atoms with Crippen LogP contribution >= 0.6 is 22.9 Å². The molecule has 8 heteroatoms. The number of carbonyl (C=O) groups excluding carboxylic acids is 1. The van der Waals surface area contributed by atoms with Crippen LogP contribution in [-0.4, -0.2) is 58.5 Å². The predicted molar refractivity (Wildman–Crippen MR) is 57.6 cm³/mol. The van der Waals surface area contributed by atoms with E-state index in [4.69, 9.17) is 21.4 Å². The van der Waals surface area contributed by atoms with E-state index in [0.29, 0.717) is 19.7 Å². The van der Waals surface area contributed by atoms with Crippen LogP contribution in [0.2, 0.25) is 4.47 Å². The van der Waals surface area contributed by atoms with Crippen molar-refractivity contribution in [3.05, 3.63) is 9.47 Å². The van der Waals surface area contributed by atoms with Gasteiger partial charge in [-0.1, -0.05) is 11.3 Å². The van der Waals surface area contributed by atoms with Crippen molar-refractivity contribution in [2.24, 2.45) is 0 Å². The average molecular weight is 264 g/mol. The van der Waals surface area contributed by atoms with Crippen molar-refractivity contribution < 1.29 is 14.6 Å². The number of hydrogen-bond acceptors (Lipinski definition) is 6. The molecule has 6 nitrogen and oxygen atoms in total. The van der Waals surface area contributed by atoms with Gasteiger partial charge in [0.2, 0.25) is 9.47 Å². The summed E-state index contributed by atoms with van der Waals surface area (Å²) in [6.45, 7) is 1.18. The van der Waals surface area contributed by atoms with Crippen molar-refractivity contribution in [3.8, 4) is 0 Å². The Bertz CT molecular complexity index is 386. The van der Waals surface area contributed by atoms with E-state index in [9.17, 15) is 4.79 Å². The summed E-state index contributed by atoms with van der Waals surface area (Å²) in [5, 5.41) is 16.5. The number of aromatic nitrogens is 2. The maximum atomic E-state index is 11.9. The smallest absolute Gasteiger partial charge is 0.285 e. The molecule has 0 saturated carbocycles. The molecule has 1 aliphatic rings. The summed E-state index contributed by atoms with van der Waals surface area (Å²) >= 11 is 6.66. The Balaban J connectivity index is 2.04. The molecule has 1 N–H and O–H groups in total. The van der Waals surface area contributed by atoms with Gasteiger partial charge in [-0.15, -0.1) is 10.2 Å². The van der Waals surface area contributed by atoms with Gasteiger partial charge in [-0.25, -0.2) is 0 Å². The van der Waals surface area contributed by atoms with Crippen LogP contribution in [0.15, 0.2) is 0 Å². The van der Waals surface area contributed by atoms with Crippen molar-refractivity contribution >= 4 is 28.8 Å². The molecule has 0 bridgehead atoms. The van der Waals surface area contributed by atoms with Gasteiger partial charge in [0.15, 0.2) is 0 Å². The Morgan fingerprint density at radius 1 is 1.69 bits per heavy atom. The topological polar surface area (TPSA) is 75.6 Å².